The van der Waals surface area contributed by atoms with Crippen molar-refractivity contribution in [1.82, 2.24) is 0 Å². The van der Waals surface area contributed by atoms with Crippen LogP contribution < -0.4 is 0 Å². The van der Waals surface area contributed by atoms with Crippen molar-refractivity contribution in [2.45, 2.75) is 12.8 Å². The van der Waals surface area contributed by atoms with Gasteiger partial charge in [0.1, 0.15) is 5.76 Å². The molecule has 3 rings (SSSR count). The van der Waals surface area contributed by atoms with Gasteiger partial charge in [-0.15, -0.1) is 0 Å². The number of hydrogen-bond donors (Lipinski definition) is 1. The van der Waals surface area contributed by atoms with E-state index in [-0.39, 0.29) is 5.75 Å². The second-order valence-corrected chi connectivity index (χ2v) is 3.53. The van der Waals surface area contributed by atoms with Gasteiger partial charge < -0.3 is 9.52 Å². The summed E-state index contributed by atoms with van der Waals surface area (Å²) >= 11 is 0. The first-order valence-electron chi connectivity index (χ1n) is 4.76. The molecule has 2 heteroatoms. The molecule has 1 N–H and O–H groups in total. The monoisotopic (exact) mass is 186 g/mol. The minimum Gasteiger partial charge on any atom is -0.504 e. The number of aromatic hydroxyl groups is 1. The van der Waals surface area contributed by atoms with Crippen LogP contribution in [-0.4, -0.2) is 5.11 Å². The highest BCUT2D eigenvalue weighted by Gasteiger charge is 2.15. The molecule has 1 heterocycles. The molecule has 0 aliphatic heterocycles. The number of furan rings is 1. The minimum atomic E-state index is 0.227. The van der Waals surface area contributed by atoms with Crippen LogP contribution in [0.15, 0.2) is 28.7 Å². The fraction of sp³-hybridized carbons (Fsp3) is 0.167. The molecule has 1 aliphatic carbocycles. The number of fused-ring (bicyclic) bond motifs is 3. The summed E-state index contributed by atoms with van der Waals surface area (Å²) in [7, 11) is 0. The third-order valence-corrected chi connectivity index (χ3v) is 2.63. The summed E-state index contributed by atoms with van der Waals surface area (Å²) in [6.07, 6.45) is 6.17. The van der Waals surface area contributed by atoms with Crippen LogP contribution in [0.25, 0.3) is 17.0 Å². The van der Waals surface area contributed by atoms with Crippen molar-refractivity contribution in [3.63, 3.8) is 0 Å². The standard InChI is InChI=1S/C12H10O2/c13-10-6-3-5-9-8-4-1-2-7-11(8)14-12(9)10/h1,3-6,13H,2,7H2. The predicted molar refractivity (Wildman–Crippen MR) is 55.2 cm³/mol. The van der Waals surface area contributed by atoms with E-state index in [1.54, 1.807) is 6.07 Å². The van der Waals surface area contributed by atoms with E-state index in [1.165, 1.54) is 0 Å². The number of aryl methyl sites for hydroxylation is 1. The molecule has 0 unspecified atom stereocenters. The molecule has 0 atom stereocenters. The first kappa shape index (κ1) is 7.68. The van der Waals surface area contributed by atoms with Gasteiger partial charge in [-0.25, -0.2) is 0 Å². The molecule has 0 saturated carbocycles. The number of phenolic OH excluding ortho intramolecular Hbond substituents is 1. The van der Waals surface area contributed by atoms with Crippen LogP contribution in [-0.2, 0) is 6.42 Å². The highest BCUT2D eigenvalue weighted by Crippen LogP contribution is 2.35. The topological polar surface area (TPSA) is 33.4 Å². The van der Waals surface area contributed by atoms with E-state index in [0.717, 1.165) is 29.6 Å². The second kappa shape index (κ2) is 2.64. The molecule has 0 radical (unpaired) electrons. The van der Waals surface area contributed by atoms with E-state index in [9.17, 15) is 5.11 Å². The molecule has 1 aromatic carbocycles. The van der Waals surface area contributed by atoms with Gasteiger partial charge in [0.2, 0.25) is 0 Å². The predicted octanol–water partition coefficient (Wildman–Crippen LogP) is 3.10. The zero-order valence-electron chi connectivity index (χ0n) is 7.66. The SMILES string of the molecule is Oc1cccc2c3c(oc12)CCC=C3. The Morgan fingerprint density at radius 2 is 2.21 bits per heavy atom. The molecular weight excluding hydrogens is 176 g/mol. The lowest BCUT2D eigenvalue weighted by Crippen LogP contribution is -1.87. The zero-order chi connectivity index (χ0) is 9.54. The Morgan fingerprint density at radius 1 is 1.29 bits per heavy atom. The van der Waals surface area contributed by atoms with E-state index in [1.807, 2.05) is 12.1 Å². The average molecular weight is 186 g/mol. The molecule has 70 valence electrons. The third kappa shape index (κ3) is 0.909. The van der Waals surface area contributed by atoms with E-state index in [2.05, 4.69) is 12.2 Å². The first-order valence-corrected chi connectivity index (χ1v) is 4.76. The lowest BCUT2D eigenvalue weighted by Gasteiger charge is -2.00. The molecule has 0 amide bonds. The number of para-hydroxylation sites is 1. The summed E-state index contributed by atoms with van der Waals surface area (Å²) in [5.74, 6) is 1.22. The normalized spacial score (nSPS) is 14.6. The molecule has 0 saturated heterocycles. The molecule has 2 nitrogen and oxygen atoms in total. The molecule has 0 fully saturated rings. The summed E-state index contributed by atoms with van der Waals surface area (Å²) in [6.45, 7) is 0. The van der Waals surface area contributed by atoms with Crippen LogP contribution in [0.3, 0.4) is 0 Å². The highest BCUT2D eigenvalue weighted by atomic mass is 16.4. The van der Waals surface area contributed by atoms with E-state index in [4.69, 9.17) is 4.42 Å². The lowest BCUT2D eigenvalue weighted by molar-refractivity contribution is 0.457. The van der Waals surface area contributed by atoms with Gasteiger partial charge in [0.25, 0.3) is 0 Å². The number of rotatable bonds is 0. The van der Waals surface area contributed by atoms with Gasteiger partial charge in [0, 0.05) is 17.4 Å². The fourth-order valence-corrected chi connectivity index (χ4v) is 1.96. The summed E-state index contributed by atoms with van der Waals surface area (Å²) in [5, 5.41) is 10.6. The summed E-state index contributed by atoms with van der Waals surface area (Å²) < 4.78 is 5.62. The molecule has 1 aromatic heterocycles. The molecule has 14 heavy (non-hydrogen) atoms. The Labute approximate surface area is 81.5 Å². The van der Waals surface area contributed by atoms with Gasteiger partial charge in [0.15, 0.2) is 11.3 Å². The fourth-order valence-electron chi connectivity index (χ4n) is 1.96. The summed E-state index contributed by atoms with van der Waals surface area (Å²) in [5.41, 5.74) is 1.74. The largest absolute Gasteiger partial charge is 0.504 e. The average Bonchev–Trinajstić information content (AvgIpc) is 2.59. The van der Waals surface area contributed by atoms with Gasteiger partial charge in [-0.05, 0) is 12.5 Å². The quantitative estimate of drug-likeness (QED) is 0.685. The molecule has 2 aromatic rings. The summed E-state index contributed by atoms with van der Waals surface area (Å²) in [6, 6.07) is 5.48. The smallest absolute Gasteiger partial charge is 0.176 e. The molecule has 1 aliphatic rings. The Kier molecular flexibility index (Phi) is 1.45. The van der Waals surface area contributed by atoms with Crippen LogP contribution in [0, 0.1) is 0 Å². The molecule has 0 bridgehead atoms. The maximum atomic E-state index is 9.60. The van der Waals surface area contributed by atoms with Gasteiger partial charge in [-0.1, -0.05) is 24.3 Å². The van der Waals surface area contributed by atoms with Crippen molar-refractivity contribution in [1.29, 1.82) is 0 Å². The van der Waals surface area contributed by atoms with Crippen molar-refractivity contribution < 1.29 is 9.52 Å². The van der Waals surface area contributed by atoms with Crippen molar-refractivity contribution >= 4 is 17.0 Å². The minimum absolute atomic E-state index is 0.227. The number of allylic oxidation sites excluding steroid dienone is 1. The van der Waals surface area contributed by atoms with Gasteiger partial charge >= 0.3 is 0 Å². The van der Waals surface area contributed by atoms with Gasteiger partial charge in [0.05, 0.1) is 0 Å². The van der Waals surface area contributed by atoms with Crippen LogP contribution in [0.2, 0.25) is 0 Å². The second-order valence-electron chi connectivity index (χ2n) is 3.53. The summed E-state index contributed by atoms with van der Waals surface area (Å²) in [4.78, 5) is 0. The van der Waals surface area contributed by atoms with Gasteiger partial charge in [-0.3, -0.25) is 0 Å². The Hall–Kier alpha value is -1.70. The van der Waals surface area contributed by atoms with E-state index < -0.39 is 0 Å². The third-order valence-electron chi connectivity index (χ3n) is 2.63. The Bertz CT molecular complexity index is 520. The number of hydrogen-bond acceptors (Lipinski definition) is 2. The maximum Gasteiger partial charge on any atom is 0.176 e. The highest BCUT2D eigenvalue weighted by molar-refractivity contribution is 5.92. The van der Waals surface area contributed by atoms with Crippen LogP contribution in [0.4, 0.5) is 0 Å². The Morgan fingerprint density at radius 3 is 3.14 bits per heavy atom. The van der Waals surface area contributed by atoms with Crippen molar-refractivity contribution in [3.8, 4) is 5.75 Å². The van der Waals surface area contributed by atoms with Crippen LogP contribution >= 0.6 is 0 Å². The van der Waals surface area contributed by atoms with E-state index in [0.29, 0.717) is 5.58 Å². The van der Waals surface area contributed by atoms with Crippen LogP contribution in [0.5, 0.6) is 5.75 Å². The van der Waals surface area contributed by atoms with Crippen molar-refractivity contribution in [2.24, 2.45) is 0 Å². The van der Waals surface area contributed by atoms with E-state index >= 15 is 0 Å². The number of benzene rings is 1. The van der Waals surface area contributed by atoms with Crippen LogP contribution in [0.1, 0.15) is 17.7 Å². The number of phenols is 1. The molecular formula is C12H10O2. The zero-order valence-corrected chi connectivity index (χ0v) is 7.66. The maximum absolute atomic E-state index is 9.60. The first-order chi connectivity index (χ1) is 6.86. The molecule has 0 spiro atoms. The van der Waals surface area contributed by atoms with Crippen molar-refractivity contribution in [3.05, 3.63) is 35.6 Å². The lowest BCUT2D eigenvalue weighted by atomic mass is 10.0. The van der Waals surface area contributed by atoms with Gasteiger partial charge in [-0.2, -0.15) is 0 Å². The van der Waals surface area contributed by atoms with Crippen molar-refractivity contribution in [2.75, 3.05) is 0 Å². The Balaban J connectivity index is 2.43.